The highest BCUT2D eigenvalue weighted by molar-refractivity contribution is 5.87. The Hall–Kier alpha value is -2.86. The molecule has 4 atom stereocenters. The summed E-state index contributed by atoms with van der Waals surface area (Å²) in [4.78, 5) is 26.0. The number of rotatable bonds is 6. The van der Waals surface area contributed by atoms with Crippen molar-refractivity contribution in [3.63, 3.8) is 0 Å². The molecule has 1 aliphatic heterocycles. The van der Waals surface area contributed by atoms with Gasteiger partial charge in [-0.05, 0) is 43.0 Å². The quantitative estimate of drug-likeness (QED) is 0.791. The molecule has 2 aliphatic rings. The third-order valence-corrected chi connectivity index (χ3v) is 5.77. The number of hydrogen-bond donors (Lipinski definition) is 1. The zero-order chi connectivity index (χ0) is 20.4. The molecule has 1 aliphatic carbocycles. The van der Waals surface area contributed by atoms with Gasteiger partial charge in [0.05, 0.1) is 17.7 Å². The van der Waals surface area contributed by atoms with E-state index in [1.54, 1.807) is 24.3 Å². The second-order valence-electron chi connectivity index (χ2n) is 7.59. The molecule has 4 rings (SSSR count). The summed E-state index contributed by atoms with van der Waals surface area (Å²) in [6.45, 7) is 2.85. The van der Waals surface area contributed by atoms with Crippen LogP contribution >= 0.6 is 0 Å². The summed E-state index contributed by atoms with van der Waals surface area (Å²) in [6, 6.07) is 16.3. The maximum absolute atomic E-state index is 13.0. The molecule has 29 heavy (non-hydrogen) atoms. The molecule has 1 heterocycles. The van der Waals surface area contributed by atoms with Gasteiger partial charge >= 0.3 is 12.1 Å². The van der Waals surface area contributed by atoms with Gasteiger partial charge in [0.25, 0.3) is 0 Å². The van der Waals surface area contributed by atoms with E-state index in [9.17, 15) is 9.59 Å². The van der Waals surface area contributed by atoms with E-state index in [1.165, 1.54) is 0 Å². The number of carbonyl (C=O) groups excluding carboxylic acids is 1. The molecule has 1 N–H and O–H groups in total. The number of benzene rings is 2. The molecule has 6 nitrogen and oxygen atoms in total. The normalized spacial score (nSPS) is 25.2. The van der Waals surface area contributed by atoms with Crippen molar-refractivity contribution >= 4 is 12.1 Å². The van der Waals surface area contributed by atoms with Crippen LogP contribution in [0.5, 0.6) is 0 Å². The summed E-state index contributed by atoms with van der Waals surface area (Å²) < 4.78 is 11.6. The van der Waals surface area contributed by atoms with Crippen molar-refractivity contribution in [1.29, 1.82) is 0 Å². The highest BCUT2D eigenvalue weighted by Gasteiger charge is 2.56. The first-order valence-corrected chi connectivity index (χ1v) is 10.0. The van der Waals surface area contributed by atoms with Crippen LogP contribution in [0, 0.1) is 5.92 Å². The molecular weight excluding hydrogens is 370 g/mol. The van der Waals surface area contributed by atoms with Gasteiger partial charge in [0.15, 0.2) is 0 Å². The van der Waals surface area contributed by atoms with E-state index >= 15 is 0 Å². The second kappa shape index (κ2) is 8.25. The van der Waals surface area contributed by atoms with Crippen molar-refractivity contribution in [2.24, 2.45) is 5.92 Å². The van der Waals surface area contributed by atoms with Gasteiger partial charge in [-0.1, -0.05) is 42.5 Å². The minimum absolute atomic E-state index is 0.104. The summed E-state index contributed by atoms with van der Waals surface area (Å²) >= 11 is 0. The Morgan fingerprint density at radius 1 is 1.07 bits per heavy atom. The average Bonchev–Trinajstić information content (AvgIpc) is 3.54. The first-order valence-electron chi connectivity index (χ1n) is 10.0. The zero-order valence-corrected chi connectivity index (χ0v) is 16.4. The van der Waals surface area contributed by atoms with Crippen LogP contribution < -0.4 is 0 Å². The van der Waals surface area contributed by atoms with Crippen molar-refractivity contribution < 1.29 is 24.2 Å². The fourth-order valence-electron chi connectivity index (χ4n) is 4.27. The minimum Gasteiger partial charge on any atom is -0.478 e. The lowest BCUT2D eigenvalue weighted by Gasteiger charge is -2.38. The Labute approximate surface area is 170 Å². The van der Waals surface area contributed by atoms with E-state index in [1.807, 2.05) is 42.2 Å². The first kappa shape index (κ1) is 19.5. The fourth-order valence-corrected chi connectivity index (χ4v) is 4.27. The van der Waals surface area contributed by atoms with Crippen molar-refractivity contribution in [3.8, 4) is 0 Å². The van der Waals surface area contributed by atoms with E-state index in [-0.39, 0.29) is 36.5 Å². The van der Waals surface area contributed by atoms with E-state index < -0.39 is 5.97 Å². The largest absolute Gasteiger partial charge is 0.478 e. The fraction of sp³-hybridized carbons (Fsp3) is 0.391. The van der Waals surface area contributed by atoms with E-state index in [2.05, 4.69) is 0 Å². The maximum atomic E-state index is 13.0. The number of nitrogens with zero attached hydrogens (tertiary/aromatic N) is 1. The Morgan fingerprint density at radius 2 is 1.79 bits per heavy atom. The van der Waals surface area contributed by atoms with Crippen molar-refractivity contribution in [1.82, 2.24) is 4.90 Å². The molecule has 152 valence electrons. The van der Waals surface area contributed by atoms with E-state index in [4.69, 9.17) is 14.6 Å². The van der Waals surface area contributed by atoms with Crippen molar-refractivity contribution in [2.45, 2.75) is 44.6 Å². The van der Waals surface area contributed by atoms with Gasteiger partial charge < -0.3 is 14.6 Å². The molecule has 0 spiro atoms. The van der Waals surface area contributed by atoms with Crippen LogP contribution in [0.2, 0.25) is 0 Å². The molecule has 6 heteroatoms. The van der Waals surface area contributed by atoms with Crippen LogP contribution in [-0.4, -0.2) is 40.8 Å². The van der Waals surface area contributed by atoms with Crippen LogP contribution in [0.3, 0.4) is 0 Å². The predicted molar refractivity (Wildman–Crippen MR) is 107 cm³/mol. The Morgan fingerprint density at radius 3 is 2.45 bits per heavy atom. The molecular formula is C23H25NO5. The topological polar surface area (TPSA) is 76.1 Å². The van der Waals surface area contributed by atoms with Crippen LogP contribution in [0.15, 0.2) is 54.6 Å². The van der Waals surface area contributed by atoms with Crippen LogP contribution in [0.1, 0.15) is 47.3 Å². The molecule has 2 fully saturated rings. The number of carboxylic acids is 1. The van der Waals surface area contributed by atoms with Gasteiger partial charge in [-0.3, -0.25) is 4.90 Å². The SMILES string of the molecule is CCOC1CC(c2ccc(C(=O)O)cc2)N(C(=O)OCc2ccccc2)C2CC12. The van der Waals surface area contributed by atoms with Gasteiger partial charge in [-0.25, -0.2) is 9.59 Å². The molecule has 0 aromatic heterocycles. The summed E-state index contributed by atoms with van der Waals surface area (Å²) in [6.07, 6.45) is 1.37. The van der Waals surface area contributed by atoms with Gasteiger partial charge in [0, 0.05) is 18.6 Å². The molecule has 4 unspecified atom stereocenters. The molecule has 1 saturated heterocycles. The number of fused-ring (bicyclic) bond motifs is 1. The van der Waals surface area contributed by atoms with Gasteiger partial charge in [0.2, 0.25) is 0 Å². The average molecular weight is 395 g/mol. The Bertz CT molecular complexity index is 867. The van der Waals surface area contributed by atoms with E-state index in [0.717, 1.165) is 17.5 Å². The molecule has 0 radical (unpaired) electrons. The van der Waals surface area contributed by atoms with E-state index in [0.29, 0.717) is 18.9 Å². The summed E-state index contributed by atoms with van der Waals surface area (Å²) in [5.74, 6) is -0.623. The standard InChI is InChI=1S/C23H25NO5/c1-2-28-21-13-19(16-8-10-17(11-9-16)22(25)26)24(20-12-18(20)21)23(27)29-14-15-6-4-3-5-7-15/h3-11,18-21H,2,12-14H2,1H3,(H,25,26). The smallest absolute Gasteiger partial charge is 0.410 e. The van der Waals surface area contributed by atoms with Crippen LogP contribution in [0.4, 0.5) is 4.79 Å². The lowest BCUT2D eigenvalue weighted by atomic mass is 9.93. The number of carbonyl (C=O) groups is 2. The highest BCUT2D eigenvalue weighted by atomic mass is 16.6. The molecule has 2 aromatic carbocycles. The second-order valence-corrected chi connectivity index (χ2v) is 7.59. The van der Waals surface area contributed by atoms with Gasteiger partial charge in [0.1, 0.15) is 6.61 Å². The maximum Gasteiger partial charge on any atom is 0.410 e. The zero-order valence-electron chi connectivity index (χ0n) is 16.4. The number of likely N-dealkylation sites (tertiary alicyclic amines) is 1. The number of amides is 1. The number of ether oxygens (including phenoxy) is 2. The molecule has 0 bridgehead atoms. The third kappa shape index (κ3) is 4.12. The molecule has 2 aromatic rings. The number of carboxylic acid groups (broad SMARTS) is 1. The Kier molecular flexibility index (Phi) is 5.53. The minimum atomic E-state index is -0.964. The monoisotopic (exact) mass is 395 g/mol. The summed E-state index contributed by atoms with van der Waals surface area (Å²) in [5.41, 5.74) is 2.08. The molecule has 1 amide bonds. The highest BCUT2D eigenvalue weighted by Crippen LogP contribution is 2.51. The van der Waals surface area contributed by atoms with Gasteiger partial charge in [-0.15, -0.1) is 0 Å². The number of hydrogen-bond acceptors (Lipinski definition) is 4. The molecule has 1 saturated carbocycles. The lowest BCUT2D eigenvalue weighted by Crippen LogP contribution is -2.44. The summed E-state index contributed by atoms with van der Waals surface area (Å²) in [5, 5.41) is 9.16. The Balaban J connectivity index is 1.54. The predicted octanol–water partition coefficient (Wildman–Crippen LogP) is 4.26. The number of piperidine rings is 1. The van der Waals surface area contributed by atoms with Crippen LogP contribution in [-0.2, 0) is 16.1 Å². The summed E-state index contributed by atoms with van der Waals surface area (Å²) in [7, 11) is 0. The number of aromatic carboxylic acids is 1. The van der Waals surface area contributed by atoms with Gasteiger partial charge in [-0.2, -0.15) is 0 Å². The van der Waals surface area contributed by atoms with Crippen molar-refractivity contribution in [2.75, 3.05) is 6.61 Å². The van der Waals surface area contributed by atoms with Crippen molar-refractivity contribution in [3.05, 3.63) is 71.3 Å². The lowest BCUT2D eigenvalue weighted by molar-refractivity contribution is -0.0180. The third-order valence-electron chi connectivity index (χ3n) is 5.77. The first-order chi connectivity index (χ1) is 14.1. The van der Waals surface area contributed by atoms with Crippen LogP contribution in [0.25, 0.3) is 0 Å².